The molecule has 0 spiro atoms. The van der Waals surface area contributed by atoms with Crippen molar-refractivity contribution in [2.75, 3.05) is 7.05 Å². The summed E-state index contributed by atoms with van der Waals surface area (Å²) in [6, 6.07) is 7.76. The van der Waals surface area contributed by atoms with Gasteiger partial charge in [-0.2, -0.15) is 0 Å². The molecule has 19 heavy (non-hydrogen) atoms. The van der Waals surface area contributed by atoms with Gasteiger partial charge >= 0.3 is 0 Å². The fourth-order valence-corrected chi connectivity index (χ4v) is 2.91. The summed E-state index contributed by atoms with van der Waals surface area (Å²) in [5.74, 6) is 0. The average molecular weight is 360 g/mol. The van der Waals surface area contributed by atoms with Crippen LogP contribution in [0.1, 0.15) is 17.2 Å². The van der Waals surface area contributed by atoms with Crippen molar-refractivity contribution in [1.82, 2.24) is 10.3 Å². The molecule has 0 aliphatic rings. The Morgan fingerprint density at radius 2 is 2.05 bits per heavy atom. The van der Waals surface area contributed by atoms with E-state index in [4.69, 9.17) is 23.2 Å². The second-order valence-electron chi connectivity index (χ2n) is 4.22. The number of hydrogen-bond acceptors (Lipinski definition) is 2. The van der Waals surface area contributed by atoms with Crippen LogP contribution in [0.25, 0.3) is 0 Å². The molecule has 1 unspecified atom stereocenters. The van der Waals surface area contributed by atoms with Gasteiger partial charge in [-0.05, 0) is 58.7 Å². The number of nitrogens with one attached hydrogen (secondary N) is 1. The van der Waals surface area contributed by atoms with Gasteiger partial charge < -0.3 is 5.32 Å². The second-order valence-corrected chi connectivity index (χ2v) is 5.98. The van der Waals surface area contributed by atoms with Gasteiger partial charge in [0.15, 0.2) is 0 Å². The second kappa shape index (κ2) is 6.71. The van der Waals surface area contributed by atoms with Crippen molar-refractivity contribution in [2.45, 2.75) is 12.5 Å². The van der Waals surface area contributed by atoms with Crippen molar-refractivity contribution in [3.8, 4) is 0 Å². The summed E-state index contributed by atoms with van der Waals surface area (Å²) < 4.78 is 0.974. The highest BCUT2D eigenvalue weighted by atomic mass is 79.9. The molecule has 1 N–H and O–H groups in total. The molecule has 5 heteroatoms. The molecule has 1 aromatic heterocycles. The number of pyridine rings is 1. The van der Waals surface area contributed by atoms with Gasteiger partial charge in [-0.15, -0.1) is 0 Å². The molecule has 0 aliphatic carbocycles. The van der Waals surface area contributed by atoms with Gasteiger partial charge in [-0.1, -0.05) is 29.3 Å². The molecule has 0 aliphatic heterocycles. The number of benzene rings is 1. The molecule has 0 saturated heterocycles. The first-order chi connectivity index (χ1) is 9.10. The first-order valence-electron chi connectivity index (χ1n) is 5.82. The maximum Gasteiger partial charge on any atom is 0.0468 e. The predicted octanol–water partition coefficient (Wildman–Crippen LogP) is 4.65. The van der Waals surface area contributed by atoms with E-state index in [9.17, 15) is 0 Å². The zero-order chi connectivity index (χ0) is 13.8. The third-order valence-corrected chi connectivity index (χ3v) is 3.88. The molecule has 0 amide bonds. The Kier molecular flexibility index (Phi) is 5.22. The standard InChI is InChI=1S/C14H13BrCl2N2/c1-18-14(5-9-4-10(15)8-19-7-9)12-3-2-11(16)6-13(12)17/h2-4,6-8,14,18H,5H2,1H3. The molecule has 1 heterocycles. The highest BCUT2D eigenvalue weighted by Gasteiger charge is 2.14. The van der Waals surface area contributed by atoms with E-state index in [0.29, 0.717) is 10.0 Å². The zero-order valence-electron chi connectivity index (χ0n) is 10.3. The van der Waals surface area contributed by atoms with Gasteiger partial charge in [-0.3, -0.25) is 4.98 Å². The topological polar surface area (TPSA) is 24.9 Å². The van der Waals surface area contributed by atoms with Gasteiger partial charge in [0, 0.05) is 33.0 Å². The molecule has 0 saturated carbocycles. The molecule has 2 rings (SSSR count). The number of nitrogens with zero attached hydrogens (tertiary/aromatic N) is 1. The molecular weight excluding hydrogens is 347 g/mol. The minimum atomic E-state index is 0.126. The lowest BCUT2D eigenvalue weighted by Gasteiger charge is -2.18. The largest absolute Gasteiger partial charge is 0.313 e. The average Bonchev–Trinajstić information content (AvgIpc) is 2.37. The molecular formula is C14H13BrCl2N2. The van der Waals surface area contributed by atoms with Gasteiger partial charge in [0.1, 0.15) is 0 Å². The zero-order valence-corrected chi connectivity index (χ0v) is 13.4. The van der Waals surface area contributed by atoms with E-state index >= 15 is 0 Å². The lowest BCUT2D eigenvalue weighted by Crippen LogP contribution is -2.19. The first-order valence-corrected chi connectivity index (χ1v) is 7.36. The predicted molar refractivity (Wildman–Crippen MR) is 83.9 cm³/mol. The number of aromatic nitrogens is 1. The molecule has 0 bridgehead atoms. The fraction of sp³-hybridized carbons (Fsp3) is 0.214. The highest BCUT2D eigenvalue weighted by molar-refractivity contribution is 9.10. The SMILES string of the molecule is CNC(Cc1cncc(Br)c1)c1ccc(Cl)cc1Cl. The van der Waals surface area contributed by atoms with Crippen LogP contribution < -0.4 is 5.32 Å². The Bertz CT molecular complexity index is 575. The lowest BCUT2D eigenvalue weighted by molar-refractivity contribution is 0.591. The van der Waals surface area contributed by atoms with Crippen molar-refractivity contribution in [2.24, 2.45) is 0 Å². The summed E-state index contributed by atoms with van der Waals surface area (Å²) in [5.41, 5.74) is 2.17. The van der Waals surface area contributed by atoms with Crippen LogP contribution in [0.3, 0.4) is 0 Å². The van der Waals surface area contributed by atoms with E-state index in [1.807, 2.05) is 25.4 Å². The smallest absolute Gasteiger partial charge is 0.0468 e. The maximum absolute atomic E-state index is 6.25. The third kappa shape index (κ3) is 3.93. The molecule has 2 aromatic rings. The summed E-state index contributed by atoms with van der Waals surface area (Å²) in [6.07, 6.45) is 4.44. The molecule has 100 valence electrons. The summed E-state index contributed by atoms with van der Waals surface area (Å²) >= 11 is 15.6. The van der Waals surface area contributed by atoms with E-state index in [1.165, 1.54) is 0 Å². The van der Waals surface area contributed by atoms with Crippen LogP contribution in [0.2, 0.25) is 10.0 Å². The Balaban J connectivity index is 2.25. The van der Waals surface area contributed by atoms with Crippen LogP contribution in [-0.4, -0.2) is 12.0 Å². The molecule has 0 fully saturated rings. The lowest BCUT2D eigenvalue weighted by atomic mass is 10.00. The van der Waals surface area contributed by atoms with E-state index in [2.05, 4.69) is 32.3 Å². The van der Waals surface area contributed by atoms with Crippen LogP contribution in [0.5, 0.6) is 0 Å². The Labute approximate surface area is 131 Å². The van der Waals surface area contributed by atoms with Crippen molar-refractivity contribution >= 4 is 39.1 Å². The highest BCUT2D eigenvalue weighted by Crippen LogP contribution is 2.28. The normalized spacial score (nSPS) is 12.4. The van der Waals surface area contributed by atoms with E-state index in [1.54, 1.807) is 12.3 Å². The van der Waals surface area contributed by atoms with E-state index < -0.39 is 0 Å². The van der Waals surface area contributed by atoms with Crippen molar-refractivity contribution in [1.29, 1.82) is 0 Å². The van der Waals surface area contributed by atoms with Crippen LogP contribution in [0, 0.1) is 0 Å². The van der Waals surface area contributed by atoms with E-state index in [-0.39, 0.29) is 6.04 Å². The monoisotopic (exact) mass is 358 g/mol. The van der Waals surface area contributed by atoms with Gasteiger partial charge in [-0.25, -0.2) is 0 Å². The maximum atomic E-state index is 6.25. The van der Waals surface area contributed by atoms with Gasteiger partial charge in [0.25, 0.3) is 0 Å². The molecule has 2 nitrogen and oxygen atoms in total. The summed E-state index contributed by atoms with van der Waals surface area (Å²) in [6.45, 7) is 0. The number of rotatable bonds is 4. The fourth-order valence-electron chi connectivity index (χ4n) is 1.95. The Morgan fingerprint density at radius 3 is 2.68 bits per heavy atom. The van der Waals surface area contributed by atoms with Crippen molar-refractivity contribution in [3.63, 3.8) is 0 Å². The number of likely N-dealkylation sites (N-methyl/N-ethyl adjacent to an activating group) is 1. The minimum absolute atomic E-state index is 0.126. The number of halogens is 3. The third-order valence-electron chi connectivity index (χ3n) is 2.89. The minimum Gasteiger partial charge on any atom is -0.313 e. The Hall–Kier alpha value is -0.610. The molecule has 0 radical (unpaired) electrons. The molecule has 1 aromatic carbocycles. The van der Waals surface area contributed by atoms with Crippen LogP contribution >= 0.6 is 39.1 Å². The first kappa shape index (κ1) is 14.8. The van der Waals surface area contributed by atoms with Crippen LogP contribution in [-0.2, 0) is 6.42 Å². The number of hydrogen-bond donors (Lipinski definition) is 1. The summed E-state index contributed by atoms with van der Waals surface area (Å²) in [5, 5.41) is 4.60. The van der Waals surface area contributed by atoms with Gasteiger partial charge in [0.05, 0.1) is 0 Å². The van der Waals surface area contributed by atoms with Crippen molar-refractivity contribution < 1.29 is 0 Å². The quantitative estimate of drug-likeness (QED) is 0.859. The van der Waals surface area contributed by atoms with Crippen LogP contribution in [0.4, 0.5) is 0 Å². The van der Waals surface area contributed by atoms with Crippen LogP contribution in [0.15, 0.2) is 41.1 Å². The Morgan fingerprint density at radius 1 is 1.26 bits per heavy atom. The summed E-state index contributed by atoms with van der Waals surface area (Å²) in [4.78, 5) is 4.17. The molecule has 1 atom stereocenters. The van der Waals surface area contributed by atoms with Gasteiger partial charge in [0.2, 0.25) is 0 Å². The summed E-state index contributed by atoms with van der Waals surface area (Å²) in [7, 11) is 1.92. The van der Waals surface area contributed by atoms with E-state index in [0.717, 1.165) is 22.0 Å². The van der Waals surface area contributed by atoms with Crippen molar-refractivity contribution in [3.05, 3.63) is 62.3 Å².